The molecule has 0 aliphatic rings. The van der Waals surface area contributed by atoms with Crippen LogP contribution >= 0.6 is 34.7 Å². The first-order chi connectivity index (χ1) is 7.26. The molecule has 0 radical (unpaired) electrons. The highest BCUT2D eigenvalue weighted by atomic mass is 35.5. The minimum absolute atomic E-state index is 0.0273. The van der Waals surface area contributed by atoms with Crippen molar-refractivity contribution in [3.63, 3.8) is 0 Å². The van der Waals surface area contributed by atoms with Gasteiger partial charge < -0.3 is 5.32 Å². The van der Waals surface area contributed by atoms with Gasteiger partial charge in [-0.3, -0.25) is 4.79 Å². The van der Waals surface area contributed by atoms with Gasteiger partial charge in [-0.1, -0.05) is 0 Å². The molecular weight excluding hydrogens is 252 g/mol. The van der Waals surface area contributed by atoms with Crippen LogP contribution in [0.2, 0.25) is 0 Å². The van der Waals surface area contributed by atoms with Gasteiger partial charge in [-0.05, 0) is 6.26 Å². The van der Waals surface area contributed by atoms with Crippen LogP contribution in [0.15, 0.2) is 5.38 Å². The quantitative estimate of drug-likeness (QED) is 0.630. The highest BCUT2D eigenvalue weighted by Gasteiger charge is 2.06. The highest BCUT2D eigenvalue weighted by Crippen LogP contribution is 2.11. The second-order valence-corrected chi connectivity index (χ2v) is 5.08. The molecule has 0 saturated carbocycles. The third-order valence-electron chi connectivity index (χ3n) is 1.68. The van der Waals surface area contributed by atoms with Gasteiger partial charge in [-0.25, -0.2) is 4.98 Å². The van der Waals surface area contributed by atoms with E-state index >= 15 is 0 Å². The second-order valence-electron chi connectivity index (χ2n) is 2.89. The van der Waals surface area contributed by atoms with Gasteiger partial charge in [-0.15, -0.1) is 22.9 Å². The number of alkyl halides is 1. The van der Waals surface area contributed by atoms with Crippen molar-refractivity contribution in [1.29, 1.82) is 0 Å². The molecule has 1 aromatic rings. The Hall–Kier alpha value is -0.260. The first kappa shape index (κ1) is 12.8. The Kier molecular flexibility index (Phi) is 6.05. The number of thioether (sulfide) groups is 1. The molecule has 0 aliphatic heterocycles. The lowest BCUT2D eigenvalue weighted by Gasteiger charge is -2.01. The molecule has 0 unspecified atom stereocenters. The van der Waals surface area contributed by atoms with Crippen LogP contribution in [-0.2, 0) is 17.1 Å². The number of nitrogens with zero attached hydrogens (tertiary/aromatic N) is 1. The summed E-state index contributed by atoms with van der Waals surface area (Å²) < 4.78 is 0. The largest absolute Gasteiger partial charge is 0.355 e. The van der Waals surface area contributed by atoms with Crippen molar-refractivity contribution in [2.75, 3.05) is 18.6 Å². The Morgan fingerprint density at radius 3 is 3.13 bits per heavy atom. The number of halogens is 1. The Morgan fingerprint density at radius 1 is 1.73 bits per heavy atom. The second kappa shape index (κ2) is 7.09. The van der Waals surface area contributed by atoms with Crippen molar-refractivity contribution in [2.24, 2.45) is 0 Å². The maximum Gasteiger partial charge on any atom is 0.226 e. The van der Waals surface area contributed by atoms with Crippen molar-refractivity contribution >= 4 is 40.6 Å². The van der Waals surface area contributed by atoms with E-state index in [9.17, 15) is 4.79 Å². The number of hydrogen-bond acceptors (Lipinski definition) is 4. The predicted octanol–water partition coefficient (Wildman–Crippen LogP) is 1.90. The summed E-state index contributed by atoms with van der Waals surface area (Å²) in [6.07, 6.45) is 2.37. The summed E-state index contributed by atoms with van der Waals surface area (Å²) in [4.78, 5) is 15.6. The lowest BCUT2D eigenvalue weighted by Crippen LogP contribution is -2.27. The van der Waals surface area contributed by atoms with E-state index in [1.165, 1.54) is 11.3 Å². The molecule has 1 aromatic heterocycles. The van der Waals surface area contributed by atoms with Crippen LogP contribution in [0.5, 0.6) is 0 Å². The smallest absolute Gasteiger partial charge is 0.226 e. The highest BCUT2D eigenvalue weighted by molar-refractivity contribution is 7.98. The molecule has 0 bridgehead atoms. The van der Waals surface area contributed by atoms with Gasteiger partial charge in [0.15, 0.2) is 0 Å². The van der Waals surface area contributed by atoms with Gasteiger partial charge >= 0.3 is 0 Å². The Balaban J connectivity index is 2.31. The zero-order chi connectivity index (χ0) is 11.1. The van der Waals surface area contributed by atoms with Crippen LogP contribution in [0.25, 0.3) is 0 Å². The van der Waals surface area contributed by atoms with Crippen LogP contribution < -0.4 is 5.32 Å². The molecule has 0 fully saturated rings. The number of carbonyl (C=O) groups is 1. The maximum absolute atomic E-state index is 11.4. The van der Waals surface area contributed by atoms with Gasteiger partial charge in [0.25, 0.3) is 0 Å². The number of thiazole rings is 1. The molecule has 0 spiro atoms. The lowest BCUT2D eigenvalue weighted by atomic mass is 10.4. The molecule has 1 heterocycles. The van der Waals surface area contributed by atoms with E-state index in [0.29, 0.717) is 18.8 Å². The molecule has 0 aromatic carbocycles. The summed E-state index contributed by atoms with van der Waals surface area (Å²) in [6.45, 7) is 0.716. The fraction of sp³-hybridized carbons (Fsp3) is 0.556. The molecule has 3 nitrogen and oxygen atoms in total. The topological polar surface area (TPSA) is 42.0 Å². The molecule has 84 valence electrons. The average molecular weight is 265 g/mol. The van der Waals surface area contributed by atoms with E-state index in [1.807, 2.05) is 11.6 Å². The van der Waals surface area contributed by atoms with Crippen molar-refractivity contribution in [1.82, 2.24) is 10.3 Å². The van der Waals surface area contributed by atoms with E-state index in [4.69, 9.17) is 11.6 Å². The zero-order valence-electron chi connectivity index (χ0n) is 8.46. The van der Waals surface area contributed by atoms with E-state index in [1.54, 1.807) is 11.8 Å². The Morgan fingerprint density at radius 2 is 2.53 bits per heavy atom. The molecule has 6 heteroatoms. The SMILES string of the molecule is CSCCNC(=O)Cc1nc(CCl)cs1. The zero-order valence-corrected chi connectivity index (χ0v) is 10.8. The van der Waals surface area contributed by atoms with E-state index in [-0.39, 0.29) is 5.91 Å². The summed E-state index contributed by atoms with van der Waals surface area (Å²) >= 11 is 8.81. The predicted molar refractivity (Wildman–Crippen MR) is 66.8 cm³/mol. The fourth-order valence-corrected chi connectivity index (χ4v) is 2.31. The van der Waals surface area contributed by atoms with Crippen molar-refractivity contribution in [3.05, 3.63) is 16.1 Å². The van der Waals surface area contributed by atoms with Crippen molar-refractivity contribution < 1.29 is 4.79 Å². The van der Waals surface area contributed by atoms with Gasteiger partial charge in [0.1, 0.15) is 5.01 Å². The van der Waals surface area contributed by atoms with Crippen LogP contribution in [0.3, 0.4) is 0 Å². The minimum atomic E-state index is 0.0273. The molecular formula is C9H13ClN2OS2. The molecule has 15 heavy (non-hydrogen) atoms. The molecule has 0 saturated heterocycles. The third kappa shape index (κ3) is 4.86. The van der Waals surface area contributed by atoms with Gasteiger partial charge in [-0.2, -0.15) is 11.8 Å². The maximum atomic E-state index is 11.4. The molecule has 0 atom stereocenters. The summed E-state index contributed by atoms with van der Waals surface area (Å²) in [5, 5.41) is 5.55. The number of amides is 1. The van der Waals surface area contributed by atoms with Crippen molar-refractivity contribution in [3.8, 4) is 0 Å². The third-order valence-corrected chi connectivity index (χ3v) is 3.46. The van der Waals surface area contributed by atoms with Crippen LogP contribution in [0.4, 0.5) is 0 Å². The average Bonchev–Trinajstić information content (AvgIpc) is 2.66. The molecule has 0 aliphatic carbocycles. The number of rotatable bonds is 6. The van der Waals surface area contributed by atoms with E-state index < -0.39 is 0 Å². The summed E-state index contributed by atoms with van der Waals surface area (Å²) in [6, 6.07) is 0. The first-order valence-electron chi connectivity index (χ1n) is 4.51. The fourth-order valence-electron chi connectivity index (χ4n) is 0.984. The van der Waals surface area contributed by atoms with E-state index in [0.717, 1.165) is 16.5 Å². The molecule has 1 amide bonds. The number of aromatic nitrogens is 1. The molecule has 1 rings (SSSR count). The van der Waals surface area contributed by atoms with Gasteiger partial charge in [0, 0.05) is 17.7 Å². The number of carbonyl (C=O) groups excluding carboxylic acids is 1. The number of nitrogens with one attached hydrogen (secondary N) is 1. The normalized spacial score (nSPS) is 10.3. The van der Waals surface area contributed by atoms with Gasteiger partial charge in [0.05, 0.1) is 18.0 Å². The first-order valence-corrected chi connectivity index (χ1v) is 7.32. The summed E-state index contributed by atoms with van der Waals surface area (Å²) in [5.41, 5.74) is 0.841. The van der Waals surface area contributed by atoms with Crippen LogP contribution in [-0.4, -0.2) is 29.4 Å². The van der Waals surface area contributed by atoms with Crippen LogP contribution in [0.1, 0.15) is 10.7 Å². The lowest BCUT2D eigenvalue weighted by molar-refractivity contribution is -0.120. The summed E-state index contributed by atoms with van der Waals surface area (Å²) in [7, 11) is 0. The minimum Gasteiger partial charge on any atom is -0.355 e. The monoisotopic (exact) mass is 264 g/mol. The standard InChI is InChI=1S/C9H13ClN2OS2/c1-14-3-2-11-8(13)4-9-12-7(5-10)6-15-9/h6H,2-5H2,1H3,(H,11,13). The molecule has 1 N–H and O–H groups in total. The Bertz CT molecular complexity index is 317. The van der Waals surface area contributed by atoms with Crippen LogP contribution in [0, 0.1) is 0 Å². The summed E-state index contributed by atoms with van der Waals surface area (Å²) in [5.74, 6) is 1.38. The number of hydrogen-bond donors (Lipinski definition) is 1. The van der Waals surface area contributed by atoms with Crippen molar-refractivity contribution in [2.45, 2.75) is 12.3 Å². The Labute approximate surface area is 103 Å². The van der Waals surface area contributed by atoms with E-state index in [2.05, 4.69) is 10.3 Å². The van der Waals surface area contributed by atoms with Gasteiger partial charge in [0.2, 0.25) is 5.91 Å².